The molecular weight excluding hydrogens is 341 g/mol. The van der Waals surface area contributed by atoms with Gasteiger partial charge in [0.1, 0.15) is 10.8 Å². The van der Waals surface area contributed by atoms with Crippen molar-refractivity contribution in [1.82, 2.24) is 15.5 Å². The Morgan fingerprint density at radius 1 is 1.30 bits per heavy atom. The van der Waals surface area contributed by atoms with Crippen molar-refractivity contribution in [1.29, 1.82) is 0 Å². The molecule has 2 rings (SSSR count). The molecule has 1 N–H and O–H groups in total. The molecule has 6 heteroatoms. The third-order valence-electron chi connectivity index (χ3n) is 2.64. The lowest BCUT2D eigenvalue weighted by Crippen LogP contribution is -2.37. The van der Waals surface area contributed by atoms with E-state index in [1.54, 1.807) is 12.1 Å². The number of aromatic nitrogens is 2. The number of hydrogen-bond acceptors (Lipinski definition) is 4. The molecule has 0 fully saturated rings. The van der Waals surface area contributed by atoms with Crippen LogP contribution < -0.4 is 5.32 Å². The fraction of sp³-hybridized carbons (Fsp3) is 0.429. The van der Waals surface area contributed by atoms with Gasteiger partial charge in [-0.2, -0.15) is 0 Å². The van der Waals surface area contributed by atoms with Crippen molar-refractivity contribution in [3.8, 4) is 10.6 Å². The van der Waals surface area contributed by atoms with Crippen LogP contribution in [0.4, 0.5) is 4.39 Å². The van der Waals surface area contributed by atoms with Gasteiger partial charge in [0.2, 0.25) is 0 Å². The fourth-order valence-electron chi connectivity index (χ4n) is 1.70. The molecule has 0 aliphatic carbocycles. The van der Waals surface area contributed by atoms with Crippen molar-refractivity contribution < 1.29 is 4.39 Å². The van der Waals surface area contributed by atoms with E-state index in [2.05, 4.69) is 52.2 Å². The van der Waals surface area contributed by atoms with Crippen LogP contribution in [0.1, 0.15) is 25.8 Å². The second-order valence-electron chi connectivity index (χ2n) is 5.52. The molecule has 0 radical (unpaired) electrons. The smallest absolute Gasteiger partial charge is 0.151 e. The predicted molar refractivity (Wildman–Crippen MR) is 84.5 cm³/mol. The normalized spacial score (nSPS) is 11.8. The van der Waals surface area contributed by atoms with Gasteiger partial charge in [-0.3, -0.25) is 0 Å². The first kappa shape index (κ1) is 15.5. The first-order valence-corrected chi connectivity index (χ1v) is 7.99. The maximum atomic E-state index is 13.9. The summed E-state index contributed by atoms with van der Waals surface area (Å²) in [5, 5.41) is 13.1. The Bertz CT molecular complexity index is 572. The van der Waals surface area contributed by atoms with Gasteiger partial charge in [0, 0.05) is 23.0 Å². The fourth-order valence-corrected chi connectivity index (χ4v) is 3.26. The third kappa shape index (κ3) is 4.07. The van der Waals surface area contributed by atoms with Gasteiger partial charge in [0.25, 0.3) is 0 Å². The molecule has 0 atom stereocenters. The average Bonchev–Trinajstić information content (AvgIpc) is 2.75. The Labute approximate surface area is 130 Å². The van der Waals surface area contributed by atoms with E-state index in [0.29, 0.717) is 15.0 Å². The van der Waals surface area contributed by atoms with Crippen LogP contribution in [0, 0.1) is 5.82 Å². The molecule has 0 aliphatic rings. The van der Waals surface area contributed by atoms with E-state index in [4.69, 9.17) is 0 Å². The molecule has 0 saturated heterocycles. The number of benzene rings is 1. The van der Waals surface area contributed by atoms with Gasteiger partial charge in [-0.05, 0) is 48.8 Å². The Morgan fingerprint density at radius 2 is 2.05 bits per heavy atom. The molecule has 0 unspecified atom stereocenters. The lowest BCUT2D eigenvalue weighted by molar-refractivity contribution is 0.429. The highest BCUT2D eigenvalue weighted by molar-refractivity contribution is 9.10. The van der Waals surface area contributed by atoms with Crippen molar-refractivity contribution >= 4 is 27.3 Å². The molecule has 0 bridgehead atoms. The Hall–Kier alpha value is -0.850. The van der Waals surface area contributed by atoms with E-state index in [0.717, 1.165) is 18.0 Å². The summed E-state index contributed by atoms with van der Waals surface area (Å²) in [5.41, 5.74) is 0.572. The van der Waals surface area contributed by atoms with E-state index in [9.17, 15) is 4.39 Å². The number of nitrogens with zero attached hydrogens (tertiary/aromatic N) is 2. The standard InChI is InChI=1S/C14H17BrFN3S/c1-14(2,3)17-8-7-11-18-19-13(20-11)12-9(15)5-4-6-10(12)16/h4-6,17H,7-8H2,1-3H3. The molecule has 1 aromatic carbocycles. The summed E-state index contributed by atoms with van der Waals surface area (Å²) in [7, 11) is 0. The zero-order valence-corrected chi connectivity index (χ0v) is 14.1. The van der Waals surface area contributed by atoms with Crippen LogP contribution in [-0.2, 0) is 6.42 Å². The Morgan fingerprint density at radius 3 is 2.70 bits per heavy atom. The summed E-state index contributed by atoms with van der Waals surface area (Å²) in [5.74, 6) is -0.283. The van der Waals surface area contributed by atoms with E-state index < -0.39 is 0 Å². The van der Waals surface area contributed by atoms with Gasteiger partial charge < -0.3 is 5.32 Å². The topological polar surface area (TPSA) is 37.8 Å². The maximum Gasteiger partial charge on any atom is 0.151 e. The number of hydrogen-bond donors (Lipinski definition) is 1. The number of nitrogens with one attached hydrogen (secondary N) is 1. The van der Waals surface area contributed by atoms with Gasteiger partial charge in [-0.1, -0.05) is 17.4 Å². The lowest BCUT2D eigenvalue weighted by atomic mass is 10.1. The second kappa shape index (κ2) is 6.28. The minimum absolute atomic E-state index is 0.0854. The highest BCUT2D eigenvalue weighted by atomic mass is 79.9. The van der Waals surface area contributed by atoms with Crippen LogP contribution in [0.25, 0.3) is 10.6 Å². The van der Waals surface area contributed by atoms with Crippen LogP contribution >= 0.6 is 27.3 Å². The molecule has 20 heavy (non-hydrogen) atoms. The van der Waals surface area contributed by atoms with Crippen molar-refractivity contribution in [3.05, 3.63) is 33.5 Å². The monoisotopic (exact) mass is 357 g/mol. The minimum atomic E-state index is -0.283. The molecule has 0 amide bonds. The molecular formula is C14H17BrFN3S. The van der Waals surface area contributed by atoms with Crippen molar-refractivity contribution in [2.24, 2.45) is 0 Å². The molecule has 0 spiro atoms. The maximum absolute atomic E-state index is 13.9. The number of rotatable bonds is 4. The molecule has 3 nitrogen and oxygen atoms in total. The highest BCUT2D eigenvalue weighted by Crippen LogP contribution is 2.32. The van der Waals surface area contributed by atoms with Crippen molar-refractivity contribution in [2.75, 3.05) is 6.54 Å². The first-order valence-electron chi connectivity index (χ1n) is 6.38. The molecule has 1 aromatic heterocycles. The average molecular weight is 358 g/mol. The van der Waals surface area contributed by atoms with Crippen LogP contribution in [0.2, 0.25) is 0 Å². The SMILES string of the molecule is CC(C)(C)NCCc1nnc(-c2c(F)cccc2Br)s1. The van der Waals surface area contributed by atoms with Gasteiger partial charge in [0.15, 0.2) is 5.01 Å². The van der Waals surface area contributed by atoms with Gasteiger partial charge in [0.05, 0.1) is 5.56 Å². The van der Waals surface area contributed by atoms with E-state index in [-0.39, 0.29) is 11.4 Å². The Kier molecular flexibility index (Phi) is 4.88. The molecule has 108 valence electrons. The lowest BCUT2D eigenvalue weighted by Gasteiger charge is -2.19. The quantitative estimate of drug-likeness (QED) is 0.897. The molecule has 2 aromatic rings. The zero-order valence-electron chi connectivity index (χ0n) is 11.7. The number of halogens is 2. The van der Waals surface area contributed by atoms with E-state index in [1.807, 2.05) is 0 Å². The third-order valence-corrected chi connectivity index (χ3v) is 4.30. The van der Waals surface area contributed by atoms with Crippen LogP contribution in [0.3, 0.4) is 0 Å². The van der Waals surface area contributed by atoms with Crippen molar-refractivity contribution in [2.45, 2.75) is 32.7 Å². The predicted octanol–water partition coefficient (Wildman–Crippen LogP) is 4.04. The largest absolute Gasteiger partial charge is 0.312 e. The van der Waals surface area contributed by atoms with E-state index in [1.165, 1.54) is 17.4 Å². The summed E-state index contributed by atoms with van der Waals surface area (Å²) in [4.78, 5) is 0. The van der Waals surface area contributed by atoms with Gasteiger partial charge in [-0.15, -0.1) is 10.2 Å². The van der Waals surface area contributed by atoms with Gasteiger partial charge >= 0.3 is 0 Å². The van der Waals surface area contributed by atoms with Gasteiger partial charge in [-0.25, -0.2) is 4.39 Å². The summed E-state index contributed by atoms with van der Waals surface area (Å²) in [6.07, 6.45) is 0.793. The second-order valence-corrected chi connectivity index (χ2v) is 7.44. The summed E-state index contributed by atoms with van der Waals surface area (Å²) in [6.45, 7) is 7.19. The van der Waals surface area contributed by atoms with Crippen LogP contribution in [-0.4, -0.2) is 22.3 Å². The summed E-state index contributed by atoms with van der Waals surface area (Å²) < 4.78 is 14.6. The molecule has 0 aliphatic heterocycles. The molecule has 1 heterocycles. The van der Waals surface area contributed by atoms with E-state index >= 15 is 0 Å². The summed E-state index contributed by atoms with van der Waals surface area (Å²) >= 11 is 4.79. The van der Waals surface area contributed by atoms with Crippen LogP contribution in [0.5, 0.6) is 0 Å². The summed E-state index contributed by atoms with van der Waals surface area (Å²) in [6, 6.07) is 4.90. The molecule has 0 saturated carbocycles. The van der Waals surface area contributed by atoms with Crippen molar-refractivity contribution in [3.63, 3.8) is 0 Å². The Balaban J connectivity index is 2.09. The highest BCUT2D eigenvalue weighted by Gasteiger charge is 2.15. The first-order chi connectivity index (χ1) is 9.37. The van der Waals surface area contributed by atoms with Crippen LogP contribution in [0.15, 0.2) is 22.7 Å². The minimum Gasteiger partial charge on any atom is -0.312 e. The zero-order chi connectivity index (χ0) is 14.8.